The molecule has 1 saturated heterocycles. The molecule has 7 heteroatoms. The number of aliphatic carboxylic acids is 1. The number of aryl methyl sites for hydroxylation is 1. The fraction of sp³-hybridized carbons (Fsp3) is 0.474. The van der Waals surface area contributed by atoms with Gasteiger partial charge in [-0.05, 0) is 30.9 Å². The average molecular weight is 361 g/mol. The lowest BCUT2D eigenvalue weighted by molar-refractivity contribution is -0.135. The Kier molecular flexibility index (Phi) is 7.17. The number of rotatable bonds is 4. The van der Waals surface area contributed by atoms with Crippen molar-refractivity contribution in [2.45, 2.75) is 44.8 Å². The lowest BCUT2D eigenvalue weighted by Crippen LogP contribution is -2.51. The normalized spacial score (nSPS) is 19.7. The van der Waals surface area contributed by atoms with Crippen molar-refractivity contribution >= 4 is 22.8 Å². The van der Waals surface area contributed by atoms with Crippen LogP contribution in [0, 0.1) is 0 Å². The quantitative estimate of drug-likeness (QED) is 0.658. The molecule has 0 unspecified atom stereocenters. The Bertz CT molecular complexity index is 729. The van der Waals surface area contributed by atoms with Crippen molar-refractivity contribution in [3.05, 3.63) is 36.0 Å². The van der Waals surface area contributed by atoms with Crippen molar-refractivity contribution in [2.75, 3.05) is 13.1 Å². The SMILES string of the molecule is CC(=O)O.N[C@H]1C[C@@H](O)CN(C(=O)CCCc2c[nH]c3ccccc23)C1. The number of β-amino-alcohol motifs (C(OH)–C–C–N with tert-alkyl or cyclic N) is 1. The van der Waals surface area contributed by atoms with Gasteiger partial charge in [0.15, 0.2) is 0 Å². The van der Waals surface area contributed by atoms with Gasteiger partial charge in [-0.3, -0.25) is 9.59 Å². The Balaban J connectivity index is 0.000000552. The Morgan fingerprint density at radius 1 is 1.31 bits per heavy atom. The van der Waals surface area contributed by atoms with Gasteiger partial charge < -0.3 is 25.8 Å². The minimum absolute atomic E-state index is 0.0917. The third-order valence-corrected chi connectivity index (χ3v) is 4.33. The van der Waals surface area contributed by atoms with Crippen LogP contribution in [0.3, 0.4) is 0 Å². The Hall–Kier alpha value is -2.38. The molecule has 0 saturated carbocycles. The second-order valence-electron chi connectivity index (χ2n) is 6.68. The van der Waals surface area contributed by atoms with Gasteiger partial charge in [0.1, 0.15) is 0 Å². The number of nitrogens with zero attached hydrogens (tertiary/aromatic N) is 1. The average Bonchev–Trinajstić information content (AvgIpc) is 2.97. The summed E-state index contributed by atoms with van der Waals surface area (Å²) in [7, 11) is 0. The number of piperidine rings is 1. The van der Waals surface area contributed by atoms with E-state index in [0.717, 1.165) is 25.3 Å². The number of nitrogens with two attached hydrogens (primary N) is 1. The first kappa shape index (κ1) is 19.9. The molecule has 0 spiro atoms. The number of nitrogens with one attached hydrogen (secondary N) is 1. The Morgan fingerprint density at radius 2 is 2.00 bits per heavy atom. The molecule has 0 bridgehead atoms. The Morgan fingerprint density at radius 3 is 2.69 bits per heavy atom. The molecule has 1 aromatic heterocycles. The molecule has 0 aliphatic carbocycles. The number of H-pyrrole nitrogens is 1. The van der Waals surface area contributed by atoms with E-state index in [1.807, 2.05) is 18.3 Å². The van der Waals surface area contributed by atoms with E-state index in [4.69, 9.17) is 15.6 Å². The van der Waals surface area contributed by atoms with Crippen molar-refractivity contribution < 1.29 is 19.8 Å². The van der Waals surface area contributed by atoms with Crippen molar-refractivity contribution in [3.8, 4) is 0 Å². The molecule has 7 nitrogen and oxygen atoms in total. The number of aromatic nitrogens is 1. The van der Waals surface area contributed by atoms with E-state index in [9.17, 15) is 9.90 Å². The number of fused-ring (bicyclic) bond motifs is 1. The van der Waals surface area contributed by atoms with Crippen LogP contribution in [-0.4, -0.2) is 57.2 Å². The monoisotopic (exact) mass is 361 g/mol. The van der Waals surface area contributed by atoms with Gasteiger partial charge in [0.05, 0.1) is 6.10 Å². The first-order valence-corrected chi connectivity index (χ1v) is 8.82. The minimum Gasteiger partial charge on any atom is -0.481 e. The molecule has 1 aromatic carbocycles. The fourth-order valence-electron chi connectivity index (χ4n) is 3.24. The van der Waals surface area contributed by atoms with E-state index in [1.54, 1.807) is 4.90 Å². The van der Waals surface area contributed by atoms with Crippen LogP contribution in [0.15, 0.2) is 30.5 Å². The predicted octanol–water partition coefficient (Wildman–Crippen LogP) is 1.50. The van der Waals surface area contributed by atoms with Crippen LogP contribution >= 0.6 is 0 Å². The number of carboxylic acid groups (broad SMARTS) is 1. The molecule has 2 atom stereocenters. The smallest absolute Gasteiger partial charge is 0.300 e. The highest BCUT2D eigenvalue weighted by atomic mass is 16.4. The number of aromatic amines is 1. The maximum absolute atomic E-state index is 12.2. The van der Waals surface area contributed by atoms with E-state index in [-0.39, 0.29) is 11.9 Å². The summed E-state index contributed by atoms with van der Waals surface area (Å²) in [5.74, 6) is -0.742. The van der Waals surface area contributed by atoms with Gasteiger partial charge in [-0.1, -0.05) is 18.2 Å². The number of aliphatic hydroxyl groups is 1. The second kappa shape index (κ2) is 9.35. The van der Waals surface area contributed by atoms with E-state index in [0.29, 0.717) is 25.9 Å². The zero-order valence-corrected chi connectivity index (χ0v) is 15.0. The van der Waals surface area contributed by atoms with E-state index >= 15 is 0 Å². The van der Waals surface area contributed by atoms with Crippen LogP contribution in [0.25, 0.3) is 10.9 Å². The number of para-hydroxylation sites is 1. The maximum atomic E-state index is 12.2. The fourth-order valence-corrected chi connectivity index (χ4v) is 3.24. The molecule has 26 heavy (non-hydrogen) atoms. The van der Waals surface area contributed by atoms with E-state index < -0.39 is 12.1 Å². The summed E-state index contributed by atoms with van der Waals surface area (Å²) >= 11 is 0. The van der Waals surface area contributed by atoms with Gasteiger partial charge in [0, 0.05) is 49.6 Å². The first-order chi connectivity index (χ1) is 12.4. The summed E-state index contributed by atoms with van der Waals surface area (Å²) in [6.45, 7) is 2.06. The van der Waals surface area contributed by atoms with Crippen molar-refractivity contribution in [2.24, 2.45) is 5.73 Å². The largest absolute Gasteiger partial charge is 0.481 e. The molecule has 2 heterocycles. The van der Waals surface area contributed by atoms with Gasteiger partial charge in [-0.2, -0.15) is 0 Å². The molecule has 3 rings (SSSR count). The summed E-state index contributed by atoms with van der Waals surface area (Å²) in [6, 6.07) is 8.09. The number of amides is 1. The summed E-state index contributed by atoms with van der Waals surface area (Å²) < 4.78 is 0. The lowest BCUT2D eigenvalue weighted by Gasteiger charge is -2.34. The molecule has 1 aliphatic rings. The van der Waals surface area contributed by atoms with Gasteiger partial charge in [0.25, 0.3) is 5.97 Å². The number of carboxylic acids is 1. The molecule has 2 aromatic rings. The predicted molar refractivity (Wildman–Crippen MR) is 99.7 cm³/mol. The van der Waals surface area contributed by atoms with Gasteiger partial charge in [-0.25, -0.2) is 0 Å². The third kappa shape index (κ3) is 5.86. The Labute approximate surface area is 152 Å². The molecule has 0 radical (unpaired) electrons. The standard InChI is InChI=1S/C17H23N3O2.C2H4O2/c18-13-8-14(21)11-20(10-13)17(22)7-3-4-12-9-19-16-6-2-1-5-15(12)16;1-2(3)4/h1-2,5-6,9,13-14,19,21H,3-4,7-8,10-11,18H2;1H3,(H,3,4)/t13-,14+;/m0./s1. The van der Waals surface area contributed by atoms with E-state index in [2.05, 4.69) is 17.1 Å². The number of hydrogen-bond donors (Lipinski definition) is 4. The van der Waals surface area contributed by atoms with Crippen molar-refractivity contribution in [1.82, 2.24) is 9.88 Å². The van der Waals surface area contributed by atoms with Crippen LogP contribution in [0.2, 0.25) is 0 Å². The number of carbonyl (C=O) groups is 2. The van der Waals surface area contributed by atoms with Crippen LogP contribution in [-0.2, 0) is 16.0 Å². The van der Waals surface area contributed by atoms with Gasteiger partial charge in [-0.15, -0.1) is 0 Å². The summed E-state index contributed by atoms with van der Waals surface area (Å²) in [5, 5.41) is 18.4. The number of benzene rings is 1. The zero-order valence-electron chi connectivity index (χ0n) is 15.0. The van der Waals surface area contributed by atoms with Crippen LogP contribution in [0.4, 0.5) is 0 Å². The minimum atomic E-state index is -0.833. The summed E-state index contributed by atoms with van der Waals surface area (Å²) in [6.07, 6.45) is 4.30. The molecular weight excluding hydrogens is 334 g/mol. The van der Waals surface area contributed by atoms with Gasteiger partial charge in [0.2, 0.25) is 5.91 Å². The molecule has 142 valence electrons. The molecule has 5 N–H and O–H groups in total. The number of carbonyl (C=O) groups excluding carboxylic acids is 1. The first-order valence-electron chi connectivity index (χ1n) is 8.82. The zero-order chi connectivity index (χ0) is 19.1. The third-order valence-electron chi connectivity index (χ3n) is 4.33. The highest BCUT2D eigenvalue weighted by molar-refractivity contribution is 5.83. The molecule has 1 fully saturated rings. The number of hydrogen-bond acceptors (Lipinski definition) is 4. The second-order valence-corrected chi connectivity index (χ2v) is 6.68. The number of likely N-dealkylation sites (tertiary alicyclic amines) is 1. The maximum Gasteiger partial charge on any atom is 0.300 e. The highest BCUT2D eigenvalue weighted by Gasteiger charge is 2.26. The molecular formula is C19H27N3O4. The van der Waals surface area contributed by atoms with Crippen molar-refractivity contribution in [3.63, 3.8) is 0 Å². The summed E-state index contributed by atoms with van der Waals surface area (Å²) in [5.41, 5.74) is 8.25. The van der Waals surface area contributed by atoms with Crippen molar-refractivity contribution in [1.29, 1.82) is 0 Å². The number of aliphatic hydroxyl groups excluding tert-OH is 1. The topological polar surface area (TPSA) is 120 Å². The van der Waals surface area contributed by atoms with E-state index in [1.165, 1.54) is 10.9 Å². The van der Waals surface area contributed by atoms with Gasteiger partial charge >= 0.3 is 0 Å². The summed E-state index contributed by atoms with van der Waals surface area (Å²) in [4.78, 5) is 26.2. The lowest BCUT2D eigenvalue weighted by atomic mass is 10.0. The van der Waals surface area contributed by atoms with Crippen LogP contribution in [0.5, 0.6) is 0 Å². The van der Waals surface area contributed by atoms with Crippen LogP contribution < -0.4 is 5.73 Å². The van der Waals surface area contributed by atoms with Crippen LogP contribution in [0.1, 0.15) is 31.7 Å². The molecule has 1 amide bonds. The molecule has 1 aliphatic heterocycles. The highest BCUT2D eigenvalue weighted by Crippen LogP contribution is 2.20.